The van der Waals surface area contributed by atoms with Crippen LogP contribution in [0.5, 0.6) is 0 Å². The van der Waals surface area contributed by atoms with Gasteiger partial charge in [0.25, 0.3) is 0 Å². The Hall–Kier alpha value is -2.02. The van der Waals surface area contributed by atoms with Crippen molar-refractivity contribution in [1.29, 1.82) is 0 Å². The average Bonchev–Trinajstić information content (AvgIpc) is 2.28. The summed E-state index contributed by atoms with van der Waals surface area (Å²) in [4.78, 5) is 0. The molecule has 0 saturated carbocycles. The molecule has 0 aliphatic carbocycles. The standard InChI is InChI=1S/C16H17N/c1-11(2)15-8-7-14(10-16(15)17)13-6-4-5-12(3)9-13/h4-10H,1,17H2,2-3H3. The van der Waals surface area contributed by atoms with Gasteiger partial charge in [0.05, 0.1) is 0 Å². The first-order chi connectivity index (χ1) is 8.08. The second-order valence-corrected chi connectivity index (χ2v) is 4.45. The molecule has 0 saturated heterocycles. The van der Waals surface area contributed by atoms with Gasteiger partial charge in [0.15, 0.2) is 0 Å². The van der Waals surface area contributed by atoms with Crippen LogP contribution in [0, 0.1) is 6.92 Å². The van der Waals surface area contributed by atoms with Gasteiger partial charge >= 0.3 is 0 Å². The minimum atomic E-state index is 0.788. The van der Waals surface area contributed by atoms with Crippen molar-refractivity contribution < 1.29 is 0 Å². The molecular formula is C16H17N. The third-order valence-corrected chi connectivity index (χ3v) is 2.86. The van der Waals surface area contributed by atoms with Crippen LogP contribution in [0.3, 0.4) is 0 Å². The predicted octanol–water partition coefficient (Wildman–Crippen LogP) is 4.28. The van der Waals surface area contributed by atoms with Crippen molar-refractivity contribution in [2.75, 3.05) is 5.73 Å². The molecule has 1 heteroatoms. The fourth-order valence-corrected chi connectivity index (χ4v) is 1.96. The second kappa shape index (κ2) is 4.46. The number of nitrogens with two attached hydrogens (primary N) is 1. The molecule has 0 atom stereocenters. The molecule has 0 bridgehead atoms. The largest absolute Gasteiger partial charge is 0.398 e. The van der Waals surface area contributed by atoms with Crippen molar-refractivity contribution in [2.45, 2.75) is 13.8 Å². The minimum Gasteiger partial charge on any atom is -0.398 e. The van der Waals surface area contributed by atoms with E-state index in [9.17, 15) is 0 Å². The highest BCUT2D eigenvalue weighted by Crippen LogP contribution is 2.27. The van der Waals surface area contributed by atoms with Crippen LogP contribution >= 0.6 is 0 Å². The first-order valence-corrected chi connectivity index (χ1v) is 5.70. The van der Waals surface area contributed by atoms with Gasteiger partial charge in [0.2, 0.25) is 0 Å². The first kappa shape index (κ1) is 11.5. The Labute approximate surface area is 103 Å². The van der Waals surface area contributed by atoms with Gasteiger partial charge in [-0.05, 0) is 42.2 Å². The number of rotatable bonds is 2. The van der Waals surface area contributed by atoms with Gasteiger partial charge in [-0.3, -0.25) is 0 Å². The molecule has 2 rings (SSSR count). The highest BCUT2D eigenvalue weighted by molar-refractivity contribution is 5.78. The molecule has 1 nitrogen and oxygen atoms in total. The first-order valence-electron chi connectivity index (χ1n) is 5.70. The smallest absolute Gasteiger partial charge is 0.0396 e. The van der Waals surface area contributed by atoms with E-state index < -0.39 is 0 Å². The van der Waals surface area contributed by atoms with Crippen molar-refractivity contribution in [1.82, 2.24) is 0 Å². The van der Waals surface area contributed by atoms with Gasteiger partial charge in [-0.1, -0.05) is 48.5 Å². The molecule has 2 N–H and O–H groups in total. The molecule has 0 aliphatic heterocycles. The molecule has 2 aromatic carbocycles. The van der Waals surface area contributed by atoms with E-state index in [1.165, 1.54) is 11.1 Å². The molecule has 2 aromatic rings. The lowest BCUT2D eigenvalue weighted by Gasteiger charge is -2.08. The summed E-state index contributed by atoms with van der Waals surface area (Å²) in [5, 5.41) is 0. The molecule has 0 fully saturated rings. The molecular weight excluding hydrogens is 206 g/mol. The Bertz CT molecular complexity index is 567. The average molecular weight is 223 g/mol. The lowest BCUT2D eigenvalue weighted by molar-refractivity contribution is 1.46. The molecule has 17 heavy (non-hydrogen) atoms. The van der Waals surface area contributed by atoms with Gasteiger partial charge in [-0.25, -0.2) is 0 Å². The fraction of sp³-hybridized carbons (Fsp3) is 0.125. The van der Waals surface area contributed by atoms with Gasteiger partial charge in [0, 0.05) is 5.69 Å². The van der Waals surface area contributed by atoms with E-state index in [4.69, 9.17) is 5.73 Å². The third kappa shape index (κ3) is 2.39. The topological polar surface area (TPSA) is 26.0 Å². The van der Waals surface area contributed by atoms with E-state index in [1.54, 1.807) is 0 Å². The number of aryl methyl sites for hydroxylation is 1. The monoisotopic (exact) mass is 223 g/mol. The Morgan fingerprint density at radius 2 is 1.76 bits per heavy atom. The summed E-state index contributed by atoms with van der Waals surface area (Å²) < 4.78 is 0. The van der Waals surface area contributed by atoms with Crippen LogP contribution in [-0.4, -0.2) is 0 Å². The van der Waals surface area contributed by atoms with Crippen LogP contribution in [0.2, 0.25) is 0 Å². The number of nitrogen functional groups attached to an aromatic ring is 1. The highest BCUT2D eigenvalue weighted by atomic mass is 14.6. The number of hydrogen-bond acceptors (Lipinski definition) is 1. The molecule has 0 radical (unpaired) electrons. The van der Waals surface area contributed by atoms with Gasteiger partial charge in [-0.15, -0.1) is 0 Å². The molecule has 86 valence electrons. The van der Waals surface area contributed by atoms with Crippen LogP contribution in [0.25, 0.3) is 16.7 Å². The van der Waals surface area contributed by atoms with Gasteiger partial charge in [0.1, 0.15) is 0 Å². The van der Waals surface area contributed by atoms with Crippen LogP contribution in [0.15, 0.2) is 49.0 Å². The van der Waals surface area contributed by atoms with Crippen LogP contribution in [-0.2, 0) is 0 Å². The highest BCUT2D eigenvalue weighted by Gasteiger charge is 2.03. The number of hydrogen-bond donors (Lipinski definition) is 1. The molecule has 0 heterocycles. The molecule has 0 aliphatic rings. The quantitative estimate of drug-likeness (QED) is 0.756. The number of allylic oxidation sites excluding steroid dienone is 1. The number of anilines is 1. The predicted molar refractivity (Wildman–Crippen MR) is 75.7 cm³/mol. The Morgan fingerprint density at radius 3 is 2.35 bits per heavy atom. The zero-order chi connectivity index (χ0) is 12.4. The molecule has 0 aromatic heterocycles. The van der Waals surface area contributed by atoms with E-state index in [2.05, 4.69) is 43.8 Å². The minimum absolute atomic E-state index is 0.788. The summed E-state index contributed by atoms with van der Waals surface area (Å²) in [5.41, 5.74) is 12.5. The normalized spacial score (nSPS) is 10.2. The summed E-state index contributed by atoms with van der Waals surface area (Å²) in [5.74, 6) is 0. The summed E-state index contributed by atoms with van der Waals surface area (Å²) in [6, 6.07) is 14.6. The summed E-state index contributed by atoms with van der Waals surface area (Å²) in [6.07, 6.45) is 0. The molecule has 0 spiro atoms. The van der Waals surface area contributed by atoms with Crippen molar-refractivity contribution in [3.05, 3.63) is 60.2 Å². The summed E-state index contributed by atoms with van der Waals surface area (Å²) >= 11 is 0. The van der Waals surface area contributed by atoms with Crippen LogP contribution in [0.4, 0.5) is 5.69 Å². The summed E-state index contributed by atoms with van der Waals surface area (Å²) in [7, 11) is 0. The van der Waals surface area contributed by atoms with Crippen molar-refractivity contribution in [2.24, 2.45) is 0 Å². The molecule has 0 unspecified atom stereocenters. The van der Waals surface area contributed by atoms with Crippen molar-refractivity contribution in [3.63, 3.8) is 0 Å². The Kier molecular flexibility index (Phi) is 3.01. The fourth-order valence-electron chi connectivity index (χ4n) is 1.96. The lowest BCUT2D eigenvalue weighted by Crippen LogP contribution is -1.92. The maximum atomic E-state index is 6.04. The second-order valence-electron chi connectivity index (χ2n) is 4.45. The van der Waals surface area contributed by atoms with Crippen molar-refractivity contribution in [3.8, 4) is 11.1 Å². The zero-order valence-electron chi connectivity index (χ0n) is 10.3. The van der Waals surface area contributed by atoms with Crippen LogP contribution < -0.4 is 5.73 Å². The van der Waals surface area contributed by atoms with E-state index >= 15 is 0 Å². The maximum absolute atomic E-state index is 6.04. The van der Waals surface area contributed by atoms with Crippen LogP contribution in [0.1, 0.15) is 18.1 Å². The number of benzene rings is 2. The van der Waals surface area contributed by atoms with Gasteiger partial charge < -0.3 is 5.73 Å². The SMILES string of the molecule is C=C(C)c1ccc(-c2cccc(C)c2)cc1N. The zero-order valence-corrected chi connectivity index (χ0v) is 10.3. The van der Waals surface area contributed by atoms with Crippen molar-refractivity contribution >= 4 is 11.3 Å². The lowest BCUT2D eigenvalue weighted by atomic mass is 9.99. The Morgan fingerprint density at radius 1 is 1.06 bits per heavy atom. The maximum Gasteiger partial charge on any atom is 0.0396 e. The summed E-state index contributed by atoms with van der Waals surface area (Å²) in [6.45, 7) is 7.99. The molecule has 0 amide bonds. The van der Waals surface area contributed by atoms with E-state index in [-0.39, 0.29) is 0 Å². The van der Waals surface area contributed by atoms with E-state index in [1.807, 2.05) is 19.1 Å². The van der Waals surface area contributed by atoms with E-state index in [0.29, 0.717) is 0 Å². The third-order valence-electron chi connectivity index (χ3n) is 2.86. The van der Waals surface area contributed by atoms with E-state index in [0.717, 1.165) is 22.4 Å². The Balaban J connectivity index is 2.48. The van der Waals surface area contributed by atoms with Gasteiger partial charge in [-0.2, -0.15) is 0 Å².